The highest BCUT2D eigenvalue weighted by Crippen LogP contribution is 2.29. The number of esters is 1. The first-order valence-electron chi connectivity index (χ1n) is 9.17. The number of ether oxygens (including phenoxy) is 2. The average molecular weight is 410 g/mol. The van der Waals surface area contributed by atoms with Crippen molar-refractivity contribution in [3.05, 3.63) is 70.7 Å². The fourth-order valence-corrected chi connectivity index (χ4v) is 3.62. The third-order valence-electron chi connectivity index (χ3n) is 4.31. The molecule has 2 aromatic carbocycles. The quantitative estimate of drug-likeness (QED) is 0.526. The summed E-state index contributed by atoms with van der Waals surface area (Å²) < 4.78 is 10.5. The predicted octanol–water partition coefficient (Wildman–Crippen LogP) is 4.76. The highest BCUT2D eigenvalue weighted by atomic mass is 32.1. The number of carbonyl (C=O) groups is 2. The van der Waals surface area contributed by atoms with E-state index in [1.54, 1.807) is 34.5 Å². The predicted molar refractivity (Wildman–Crippen MR) is 113 cm³/mol. The maximum Gasteiger partial charge on any atom is 0.338 e. The largest absolute Gasteiger partial charge is 0.497 e. The number of nitrogens with zero attached hydrogens (tertiary/aromatic N) is 2. The zero-order valence-electron chi connectivity index (χ0n) is 16.5. The van der Waals surface area contributed by atoms with Crippen LogP contribution in [-0.2, 0) is 22.6 Å². The van der Waals surface area contributed by atoms with Gasteiger partial charge in [0.2, 0.25) is 5.91 Å². The molecule has 0 N–H and O–H groups in total. The summed E-state index contributed by atoms with van der Waals surface area (Å²) in [5.41, 5.74) is 2.93. The van der Waals surface area contributed by atoms with Crippen molar-refractivity contribution in [2.45, 2.75) is 26.9 Å². The first kappa shape index (κ1) is 20.5. The minimum Gasteiger partial charge on any atom is -0.497 e. The molecule has 6 nitrogen and oxygen atoms in total. The molecule has 150 valence electrons. The Morgan fingerprint density at radius 1 is 1.14 bits per heavy atom. The lowest BCUT2D eigenvalue weighted by Crippen LogP contribution is -2.22. The number of hydrogen-bond acceptors (Lipinski definition) is 6. The Bertz CT molecular complexity index is 998. The Morgan fingerprint density at radius 2 is 1.90 bits per heavy atom. The number of anilines is 2. The van der Waals surface area contributed by atoms with Gasteiger partial charge in [-0.15, -0.1) is 11.3 Å². The topological polar surface area (TPSA) is 68.7 Å². The van der Waals surface area contributed by atoms with Gasteiger partial charge in [-0.25, -0.2) is 9.78 Å². The second-order valence-corrected chi connectivity index (χ2v) is 7.14. The van der Waals surface area contributed by atoms with Gasteiger partial charge in [-0.3, -0.25) is 9.69 Å². The molecule has 0 aliphatic rings. The molecule has 1 heterocycles. The van der Waals surface area contributed by atoms with Crippen molar-refractivity contribution in [2.24, 2.45) is 0 Å². The zero-order chi connectivity index (χ0) is 20.8. The van der Waals surface area contributed by atoms with Gasteiger partial charge in [-0.05, 0) is 42.3 Å². The number of rotatable bonds is 7. The maximum absolute atomic E-state index is 12.3. The van der Waals surface area contributed by atoms with E-state index in [0.29, 0.717) is 22.1 Å². The van der Waals surface area contributed by atoms with Crippen LogP contribution in [0.3, 0.4) is 0 Å². The molecule has 0 atom stereocenters. The Hall–Kier alpha value is -3.19. The van der Waals surface area contributed by atoms with Crippen LogP contribution < -0.4 is 9.64 Å². The standard InChI is InChI=1S/C22H22N2O4S/c1-4-16-8-10-19(11-9-16)24(15(2)25)22-23-18(14-29-22)13-28-21(26)17-6-5-7-20(12-17)27-3/h5-12,14H,4,13H2,1-3H3. The number of carbonyl (C=O) groups excluding carboxylic acids is 2. The number of benzene rings is 2. The second-order valence-electron chi connectivity index (χ2n) is 6.30. The van der Waals surface area contributed by atoms with Gasteiger partial charge in [0.1, 0.15) is 12.4 Å². The third-order valence-corrected chi connectivity index (χ3v) is 5.18. The number of methoxy groups -OCH3 is 1. The van der Waals surface area contributed by atoms with Crippen LogP contribution in [0.25, 0.3) is 0 Å². The maximum atomic E-state index is 12.3. The molecule has 0 spiro atoms. The highest BCUT2D eigenvalue weighted by molar-refractivity contribution is 7.14. The number of amides is 1. The van der Waals surface area contributed by atoms with E-state index in [9.17, 15) is 9.59 Å². The van der Waals surface area contributed by atoms with Crippen LogP contribution in [-0.4, -0.2) is 24.0 Å². The SMILES string of the molecule is CCc1ccc(N(C(C)=O)c2nc(COC(=O)c3cccc(OC)c3)cs2)cc1. The lowest BCUT2D eigenvalue weighted by molar-refractivity contribution is -0.115. The van der Waals surface area contributed by atoms with Crippen molar-refractivity contribution in [1.29, 1.82) is 0 Å². The van der Waals surface area contributed by atoms with E-state index in [-0.39, 0.29) is 12.5 Å². The fraction of sp³-hybridized carbons (Fsp3) is 0.227. The minimum atomic E-state index is -0.461. The van der Waals surface area contributed by atoms with Crippen molar-refractivity contribution >= 4 is 34.0 Å². The summed E-state index contributed by atoms with van der Waals surface area (Å²) in [5, 5.41) is 2.32. The Kier molecular flexibility index (Phi) is 6.61. The Labute approximate surface area is 173 Å². The zero-order valence-corrected chi connectivity index (χ0v) is 17.4. The number of aromatic nitrogens is 1. The van der Waals surface area contributed by atoms with Crippen molar-refractivity contribution in [1.82, 2.24) is 4.98 Å². The number of hydrogen-bond donors (Lipinski definition) is 0. The molecular weight excluding hydrogens is 388 g/mol. The molecule has 29 heavy (non-hydrogen) atoms. The summed E-state index contributed by atoms with van der Waals surface area (Å²) in [6.07, 6.45) is 0.931. The van der Waals surface area contributed by atoms with Crippen molar-refractivity contribution in [3.63, 3.8) is 0 Å². The van der Waals surface area contributed by atoms with Gasteiger partial charge in [-0.2, -0.15) is 0 Å². The summed E-state index contributed by atoms with van der Waals surface area (Å²) in [6, 6.07) is 14.6. The molecule has 0 saturated carbocycles. The lowest BCUT2D eigenvalue weighted by atomic mass is 10.1. The molecule has 1 amide bonds. The molecule has 3 rings (SSSR count). The molecule has 0 aliphatic heterocycles. The molecule has 3 aromatic rings. The molecule has 0 fully saturated rings. The summed E-state index contributed by atoms with van der Waals surface area (Å²) in [7, 11) is 1.54. The average Bonchev–Trinajstić information content (AvgIpc) is 3.20. The van der Waals surface area contributed by atoms with E-state index >= 15 is 0 Å². The summed E-state index contributed by atoms with van der Waals surface area (Å²) in [5.74, 6) is -0.0119. The lowest BCUT2D eigenvalue weighted by Gasteiger charge is -2.18. The van der Waals surface area contributed by atoms with E-state index in [4.69, 9.17) is 9.47 Å². The van der Waals surface area contributed by atoms with Crippen LogP contribution >= 0.6 is 11.3 Å². The van der Waals surface area contributed by atoms with Crippen molar-refractivity contribution in [2.75, 3.05) is 12.0 Å². The molecule has 0 bridgehead atoms. The van der Waals surface area contributed by atoms with E-state index in [1.807, 2.05) is 24.3 Å². The fourth-order valence-electron chi connectivity index (χ4n) is 2.75. The highest BCUT2D eigenvalue weighted by Gasteiger charge is 2.18. The van der Waals surface area contributed by atoms with Crippen LogP contribution in [0.1, 0.15) is 35.5 Å². The third kappa shape index (κ3) is 5.00. The van der Waals surface area contributed by atoms with Gasteiger partial charge >= 0.3 is 5.97 Å². The first-order chi connectivity index (χ1) is 14.0. The molecule has 0 aliphatic carbocycles. The molecule has 0 unspecified atom stereocenters. The Morgan fingerprint density at radius 3 is 2.55 bits per heavy atom. The van der Waals surface area contributed by atoms with Crippen LogP contribution in [0.4, 0.5) is 10.8 Å². The van der Waals surface area contributed by atoms with Crippen LogP contribution in [0, 0.1) is 0 Å². The minimum absolute atomic E-state index is 0.0209. The van der Waals surface area contributed by atoms with Gasteiger partial charge in [-0.1, -0.05) is 25.1 Å². The van der Waals surface area contributed by atoms with E-state index < -0.39 is 5.97 Å². The van der Waals surface area contributed by atoms with Crippen LogP contribution in [0.15, 0.2) is 53.9 Å². The number of aryl methyl sites for hydroxylation is 1. The normalized spacial score (nSPS) is 10.4. The molecular formula is C22H22N2O4S. The van der Waals surface area contributed by atoms with Crippen LogP contribution in [0.5, 0.6) is 5.75 Å². The van der Waals surface area contributed by atoms with Gasteiger partial charge < -0.3 is 9.47 Å². The van der Waals surface area contributed by atoms with Gasteiger partial charge in [0.25, 0.3) is 0 Å². The second kappa shape index (κ2) is 9.34. The number of thiazole rings is 1. The molecule has 1 aromatic heterocycles. The summed E-state index contributed by atoms with van der Waals surface area (Å²) >= 11 is 1.33. The van der Waals surface area contributed by atoms with Crippen LogP contribution in [0.2, 0.25) is 0 Å². The monoisotopic (exact) mass is 410 g/mol. The first-order valence-corrected chi connectivity index (χ1v) is 10.0. The van der Waals surface area contributed by atoms with E-state index in [1.165, 1.54) is 30.9 Å². The summed E-state index contributed by atoms with van der Waals surface area (Å²) in [6.45, 7) is 3.60. The van der Waals surface area contributed by atoms with Gasteiger partial charge in [0, 0.05) is 12.3 Å². The smallest absolute Gasteiger partial charge is 0.338 e. The van der Waals surface area contributed by atoms with Gasteiger partial charge in [0.05, 0.1) is 24.1 Å². The molecule has 0 radical (unpaired) electrons. The molecule has 0 saturated heterocycles. The molecule has 7 heteroatoms. The van der Waals surface area contributed by atoms with Gasteiger partial charge in [0.15, 0.2) is 5.13 Å². The van der Waals surface area contributed by atoms with Crippen molar-refractivity contribution < 1.29 is 19.1 Å². The van der Waals surface area contributed by atoms with E-state index in [2.05, 4.69) is 11.9 Å². The summed E-state index contributed by atoms with van der Waals surface area (Å²) in [4.78, 5) is 30.5. The van der Waals surface area contributed by atoms with Crippen molar-refractivity contribution in [3.8, 4) is 5.75 Å². The Balaban J connectivity index is 1.71. The van der Waals surface area contributed by atoms with E-state index in [0.717, 1.165) is 12.1 Å².